The van der Waals surface area contributed by atoms with Crippen LogP contribution in [0.3, 0.4) is 0 Å². The van der Waals surface area contributed by atoms with E-state index in [0.717, 1.165) is 19.3 Å². The Morgan fingerprint density at radius 1 is 1.39 bits per heavy atom. The minimum absolute atomic E-state index is 0.0596. The third-order valence-electron chi connectivity index (χ3n) is 3.62. The number of carbonyl (C=O) groups excluding carboxylic acids is 1. The van der Waals surface area contributed by atoms with Gasteiger partial charge in [0.25, 0.3) is 0 Å². The van der Waals surface area contributed by atoms with E-state index >= 15 is 0 Å². The van der Waals surface area contributed by atoms with Crippen LogP contribution in [0.1, 0.15) is 24.8 Å². The lowest BCUT2D eigenvalue weighted by Gasteiger charge is -2.16. The molecule has 2 atom stereocenters. The van der Waals surface area contributed by atoms with E-state index in [0.29, 0.717) is 18.0 Å². The second-order valence-electron chi connectivity index (χ2n) is 4.96. The molecule has 4 N–H and O–H groups in total. The zero-order valence-electron chi connectivity index (χ0n) is 10.4. The number of benzene rings is 1. The van der Waals surface area contributed by atoms with Crippen LogP contribution in [0.5, 0.6) is 5.75 Å². The molecule has 1 aliphatic carbocycles. The minimum atomic E-state index is -0.0596. The predicted octanol–water partition coefficient (Wildman–Crippen LogP) is 1.18. The summed E-state index contributed by atoms with van der Waals surface area (Å²) in [5.41, 5.74) is 6.61. The van der Waals surface area contributed by atoms with Crippen molar-refractivity contribution in [3.63, 3.8) is 0 Å². The number of amides is 1. The van der Waals surface area contributed by atoms with Crippen LogP contribution in [0.2, 0.25) is 0 Å². The molecule has 4 heteroatoms. The summed E-state index contributed by atoms with van der Waals surface area (Å²) >= 11 is 0. The topological polar surface area (TPSA) is 75.3 Å². The van der Waals surface area contributed by atoms with Gasteiger partial charge < -0.3 is 16.2 Å². The van der Waals surface area contributed by atoms with Crippen LogP contribution in [-0.2, 0) is 11.2 Å². The molecule has 2 rings (SSSR count). The van der Waals surface area contributed by atoms with Crippen molar-refractivity contribution in [2.75, 3.05) is 6.54 Å². The molecule has 4 nitrogen and oxygen atoms in total. The number of hydrogen-bond donors (Lipinski definition) is 3. The fourth-order valence-corrected chi connectivity index (χ4v) is 2.46. The van der Waals surface area contributed by atoms with E-state index in [-0.39, 0.29) is 24.1 Å². The summed E-state index contributed by atoms with van der Waals surface area (Å²) in [6.45, 7) is 0.646. The van der Waals surface area contributed by atoms with Gasteiger partial charge in [-0.2, -0.15) is 0 Å². The van der Waals surface area contributed by atoms with Crippen molar-refractivity contribution in [2.45, 2.75) is 31.7 Å². The Morgan fingerprint density at radius 3 is 2.83 bits per heavy atom. The molecule has 1 amide bonds. The normalized spacial score (nSPS) is 22.9. The van der Waals surface area contributed by atoms with Gasteiger partial charge >= 0.3 is 0 Å². The number of nitrogens with two attached hydrogens (primary N) is 1. The van der Waals surface area contributed by atoms with Gasteiger partial charge in [0.1, 0.15) is 5.75 Å². The highest BCUT2D eigenvalue weighted by Gasteiger charge is 2.24. The zero-order valence-corrected chi connectivity index (χ0v) is 10.4. The number of phenols is 1. The van der Waals surface area contributed by atoms with Crippen LogP contribution >= 0.6 is 0 Å². The number of phenolic OH excluding ortho intramolecular Hbond substituents is 1. The van der Waals surface area contributed by atoms with Crippen LogP contribution in [-0.4, -0.2) is 23.6 Å². The largest absolute Gasteiger partial charge is 0.508 e. The first-order chi connectivity index (χ1) is 8.66. The monoisotopic (exact) mass is 248 g/mol. The van der Waals surface area contributed by atoms with Gasteiger partial charge in [-0.1, -0.05) is 24.6 Å². The van der Waals surface area contributed by atoms with Crippen molar-refractivity contribution >= 4 is 5.91 Å². The summed E-state index contributed by atoms with van der Waals surface area (Å²) in [6.07, 6.45) is 3.52. The van der Waals surface area contributed by atoms with Gasteiger partial charge in [-0.15, -0.1) is 0 Å². The lowest BCUT2D eigenvalue weighted by atomic mass is 10.0. The molecule has 18 heavy (non-hydrogen) atoms. The Balaban J connectivity index is 1.80. The van der Waals surface area contributed by atoms with Crippen molar-refractivity contribution in [3.05, 3.63) is 29.8 Å². The molecule has 1 aliphatic rings. The van der Waals surface area contributed by atoms with E-state index in [1.165, 1.54) is 0 Å². The highest BCUT2D eigenvalue weighted by atomic mass is 16.3. The van der Waals surface area contributed by atoms with E-state index < -0.39 is 0 Å². The molecule has 0 aromatic heterocycles. The van der Waals surface area contributed by atoms with Gasteiger partial charge in [0.15, 0.2) is 0 Å². The Morgan fingerprint density at radius 2 is 2.17 bits per heavy atom. The molecule has 1 saturated carbocycles. The molecule has 1 fully saturated rings. The smallest absolute Gasteiger partial charge is 0.224 e. The summed E-state index contributed by atoms with van der Waals surface area (Å²) in [5.74, 6) is 0.513. The predicted molar refractivity (Wildman–Crippen MR) is 70.1 cm³/mol. The maximum atomic E-state index is 11.8. The van der Waals surface area contributed by atoms with E-state index in [1.54, 1.807) is 18.2 Å². The highest BCUT2D eigenvalue weighted by Crippen LogP contribution is 2.23. The van der Waals surface area contributed by atoms with Crippen LogP contribution in [0.25, 0.3) is 0 Å². The Kier molecular flexibility index (Phi) is 4.20. The van der Waals surface area contributed by atoms with E-state index in [1.807, 2.05) is 6.07 Å². The molecular formula is C14H20N2O2. The average Bonchev–Trinajstić information content (AvgIpc) is 2.75. The molecule has 0 saturated heterocycles. The number of carbonyl (C=O) groups is 1. The Hall–Kier alpha value is -1.55. The first-order valence-corrected chi connectivity index (χ1v) is 6.46. The summed E-state index contributed by atoms with van der Waals surface area (Å²) in [4.78, 5) is 11.8. The van der Waals surface area contributed by atoms with Crippen molar-refractivity contribution in [1.29, 1.82) is 0 Å². The first-order valence-electron chi connectivity index (χ1n) is 6.46. The first kappa shape index (κ1) is 12.9. The lowest BCUT2D eigenvalue weighted by Crippen LogP contribution is -2.36. The number of rotatable bonds is 4. The molecule has 0 bridgehead atoms. The quantitative estimate of drug-likeness (QED) is 0.749. The maximum absolute atomic E-state index is 11.8. The van der Waals surface area contributed by atoms with Crippen LogP contribution in [0.15, 0.2) is 24.3 Å². The van der Waals surface area contributed by atoms with Crippen LogP contribution in [0.4, 0.5) is 0 Å². The molecule has 0 radical (unpaired) electrons. The third-order valence-corrected chi connectivity index (χ3v) is 3.62. The summed E-state index contributed by atoms with van der Waals surface area (Å²) in [5, 5.41) is 12.5. The summed E-state index contributed by atoms with van der Waals surface area (Å²) in [6, 6.07) is 7.13. The molecule has 0 spiro atoms. The van der Waals surface area contributed by atoms with Gasteiger partial charge in [0.2, 0.25) is 5.91 Å². The lowest BCUT2D eigenvalue weighted by molar-refractivity contribution is -0.120. The molecule has 98 valence electrons. The van der Waals surface area contributed by atoms with E-state index in [4.69, 9.17) is 5.73 Å². The summed E-state index contributed by atoms with van der Waals surface area (Å²) < 4.78 is 0. The number of aromatic hydroxyl groups is 1. The molecule has 1 aromatic rings. The third kappa shape index (κ3) is 3.23. The van der Waals surface area contributed by atoms with Gasteiger partial charge in [0, 0.05) is 18.2 Å². The SMILES string of the molecule is NC1CCCC1CNC(=O)Cc1ccccc1O. The number of nitrogens with one attached hydrogen (secondary N) is 1. The van der Waals surface area contributed by atoms with Gasteiger partial charge in [-0.3, -0.25) is 4.79 Å². The second kappa shape index (κ2) is 5.87. The number of para-hydroxylation sites is 1. The van der Waals surface area contributed by atoms with Crippen LogP contribution in [0, 0.1) is 5.92 Å². The number of hydrogen-bond acceptors (Lipinski definition) is 3. The van der Waals surface area contributed by atoms with Crippen LogP contribution < -0.4 is 11.1 Å². The van der Waals surface area contributed by atoms with Gasteiger partial charge in [-0.05, 0) is 24.8 Å². The van der Waals surface area contributed by atoms with Gasteiger partial charge in [-0.25, -0.2) is 0 Å². The molecule has 0 aliphatic heterocycles. The van der Waals surface area contributed by atoms with E-state index in [2.05, 4.69) is 5.32 Å². The van der Waals surface area contributed by atoms with Gasteiger partial charge in [0.05, 0.1) is 6.42 Å². The molecule has 0 heterocycles. The van der Waals surface area contributed by atoms with Crippen molar-refractivity contribution in [2.24, 2.45) is 11.7 Å². The Labute approximate surface area is 107 Å². The second-order valence-corrected chi connectivity index (χ2v) is 4.96. The zero-order chi connectivity index (χ0) is 13.0. The Bertz CT molecular complexity index is 420. The van der Waals surface area contributed by atoms with Crippen molar-refractivity contribution in [3.8, 4) is 5.75 Å². The fourth-order valence-electron chi connectivity index (χ4n) is 2.46. The standard InChI is InChI=1S/C14H20N2O2/c15-12-6-3-5-11(12)9-16-14(18)8-10-4-1-2-7-13(10)17/h1-2,4,7,11-12,17H,3,5-6,8-9,15H2,(H,16,18). The molecular weight excluding hydrogens is 228 g/mol. The molecule has 2 unspecified atom stereocenters. The van der Waals surface area contributed by atoms with Crippen molar-refractivity contribution < 1.29 is 9.90 Å². The molecule has 1 aromatic carbocycles. The maximum Gasteiger partial charge on any atom is 0.224 e. The minimum Gasteiger partial charge on any atom is -0.508 e. The highest BCUT2D eigenvalue weighted by molar-refractivity contribution is 5.79. The average molecular weight is 248 g/mol. The fraction of sp³-hybridized carbons (Fsp3) is 0.500. The van der Waals surface area contributed by atoms with Crippen molar-refractivity contribution in [1.82, 2.24) is 5.32 Å². The summed E-state index contributed by atoms with van der Waals surface area (Å²) in [7, 11) is 0. The van der Waals surface area contributed by atoms with E-state index in [9.17, 15) is 9.90 Å².